The Morgan fingerprint density at radius 1 is 1.17 bits per heavy atom. The Labute approximate surface area is 138 Å². The molecule has 124 valence electrons. The molecule has 1 aliphatic heterocycles. The maximum absolute atomic E-state index is 12.7. The molecule has 1 heterocycles. The van der Waals surface area contributed by atoms with Crippen molar-refractivity contribution >= 4 is 11.8 Å². The third-order valence-corrected chi connectivity index (χ3v) is 5.14. The van der Waals surface area contributed by atoms with E-state index in [-0.39, 0.29) is 23.7 Å². The van der Waals surface area contributed by atoms with E-state index in [1.165, 1.54) is 6.42 Å². The van der Waals surface area contributed by atoms with Crippen LogP contribution in [0.4, 0.5) is 0 Å². The second-order valence-electron chi connectivity index (χ2n) is 6.74. The molecule has 1 aromatic carbocycles. The number of hydrogen-bond acceptors (Lipinski definition) is 2. The van der Waals surface area contributed by atoms with Gasteiger partial charge >= 0.3 is 0 Å². The fraction of sp³-hybridized carbons (Fsp3) is 0.579. The van der Waals surface area contributed by atoms with Crippen molar-refractivity contribution in [1.29, 1.82) is 0 Å². The van der Waals surface area contributed by atoms with Crippen LogP contribution >= 0.6 is 0 Å². The number of benzene rings is 1. The van der Waals surface area contributed by atoms with Crippen molar-refractivity contribution in [2.24, 2.45) is 11.8 Å². The molecule has 3 unspecified atom stereocenters. The number of nitrogens with one attached hydrogen (secondary N) is 1. The predicted octanol–water partition coefficient (Wildman–Crippen LogP) is 2.73. The van der Waals surface area contributed by atoms with Gasteiger partial charge in [0.05, 0.1) is 11.8 Å². The molecule has 1 aliphatic carbocycles. The molecule has 2 amide bonds. The highest BCUT2D eigenvalue weighted by Gasteiger charge is 2.50. The molecule has 4 heteroatoms. The number of carbonyl (C=O) groups excluding carboxylic acids is 2. The smallest absolute Gasteiger partial charge is 0.226 e. The third-order valence-electron chi connectivity index (χ3n) is 5.14. The molecular formula is C19H26N2O2. The highest BCUT2D eigenvalue weighted by Crippen LogP contribution is 2.41. The minimum atomic E-state index is -0.120. The van der Waals surface area contributed by atoms with Crippen LogP contribution in [0.2, 0.25) is 0 Å². The molecular weight excluding hydrogens is 288 g/mol. The Hall–Kier alpha value is -1.84. The van der Waals surface area contributed by atoms with Crippen LogP contribution in [0, 0.1) is 11.8 Å². The van der Waals surface area contributed by atoms with Crippen molar-refractivity contribution in [2.45, 2.75) is 51.6 Å². The summed E-state index contributed by atoms with van der Waals surface area (Å²) in [6, 6.07) is 10.3. The van der Waals surface area contributed by atoms with E-state index in [9.17, 15) is 9.59 Å². The second kappa shape index (κ2) is 7.16. The normalized spacial score (nSPS) is 26.7. The van der Waals surface area contributed by atoms with E-state index in [0.29, 0.717) is 19.0 Å². The van der Waals surface area contributed by atoms with Gasteiger partial charge in [-0.3, -0.25) is 9.59 Å². The van der Waals surface area contributed by atoms with Crippen LogP contribution in [-0.4, -0.2) is 29.3 Å². The minimum Gasteiger partial charge on any atom is -0.352 e. The number of amides is 2. The fourth-order valence-electron chi connectivity index (χ4n) is 3.60. The van der Waals surface area contributed by atoms with Gasteiger partial charge < -0.3 is 10.2 Å². The van der Waals surface area contributed by atoms with Gasteiger partial charge in [0.2, 0.25) is 11.8 Å². The van der Waals surface area contributed by atoms with Gasteiger partial charge in [0.1, 0.15) is 0 Å². The Balaban J connectivity index is 1.50. The zero-order chi connectivity index (χ0) is 16.2. The molecule has 2 fully saturated rings. The average Bonchev–Trinajstić information content (AvgIpc) is 3.40. The van der Waals surface area contributed by atoms with Crippen molar-refractivity contribution in [2.75, 3.05) is 6.54 Å². The van der Waals surface area contributed by atoms with E-state index in [4.69, 9.17) is 0 Å². The van der Waals surface area contributed by atoms with Gasteiger partial charge in [0, 0.05) is 19.1 Å². The van der Waals surface area contributed by atoms with E-state index in [1.807, 2.05) is 35.2 Å². The van der Waals surface area contributed by atoms with Crippen LogP contribution in [0.25, 0.3) is 0 Å². The molecule has 1 saturated carbocycles. The van der Waals surface area contributed by atoms with Gasteiger partial charge in [-0.05, 0) is 37.7 Å². The third kappa shape index (κ3) is 3.74. The molecule has 0 bridgehead atoms. The first kappa shape index (κ1) is 16.0. The molecule has 1 aromatic rings. The lowest BCUT2D eigenvalue weighted by atomic mass is 9.99. The van der Waals surface area contributed by atoms with Crippen LogP contribution in [0.5, 0.6) is 0 Å². The van der Waals surface area contributed by atoms with Gasteiger partial charge in [0.15, 0.2) is 0 Å². The van der Waals surface area contributed by atoms with Crippen molar-refractivity contribution in [3.63, 3.8) is 0 Å². The van der Waals surface area contributed by atoms with E-state index in [1.54, 1.807) is 0 Å². The number of hydrogen-bond donors (Lipinski definition) is 1. The molecule has 1 N–H and O–H groups in total. The molecule has 1 saturated heterocycles. The molecule has 0 aromatic heterocycles. The number of nitrogens with zero attached hydrogens (tertiary/aromatic N) is 1. The standard InChI is InChI=1S/C19H26N2O2/c1-2-15-10-6-7-11-21(15)19(23)17-12-16(17)18(22)20-13-14-8-4-3-5-9-14/h3-5,8-9,15-17H,2,6-7,10-13H2,1H3,(H,20,22). The van der Waals surface area contributed by atoms with E-state index < -0.39 is 0 Å². The van der Waals surface area contributed by atoms with Crippen LogP contribution in [0.1, 0.15) is 44.6 Å². The highest BCUT2D eigenvalue weighted by atomic mass is 16.2. The zero-order valence-electron chi connectivity index (χ0n) is 13.8. The Morgan fingerprint density at radius 2 is 1.96 bits per heavy atom. The summed E-state index contributed by atoms with van der Waals surface area (Å²) in [7, 11) is 0. The Morgan fingerprint density at radius 3 is 2.70 bits per heavy atom. The first-order valence-electron chi connectivity index (χ1n) is 8.82. The number of carbonyl (C=O) groups is 2. The summed E-state index contributed by atoms with van der Waals surface area (Å²) in [5.41, 5.74) is 1.09. The summed E-state index contributed by atoms with van der Waals surface area (Å²) in [5, 5.41) is 2.96. The van der Waals surface area contributed by atoms with Gasteiger partial charge in [-0.25, -0.2) is 0 Å². The summed E-state index contributed by atoms with van der Waals surface area (Å²) in [4.78, 5) is 27.0. The Kier molecular flexibility index (Phi) is 4.99. The molecule has 23 heavy (non-hydrogen) atoms. The lowest BCUT2D eigenvalue weighted by Crippen LogP contribution is -2.44. The summed E-state index contributed by atoms with van der Waals surface area (Å²) >= 11 is 0. The largest absolute Gasteiger partial charge is 0.352 e. The topological polar surface area (TPSA) is 49.4 Å². The lowest BCUT2D eigenvalue weighted by molar-refractivity contribution is -0.138. The van der Waals surface area contributed by atoms with E-state index >= 15 is 0 Å². The lowest BCUT2D eigenvalue weighted by Gasteiger charge is -2.35. The monoisotopic (exact) mass is 314 g/mol. The molecule has 2 aliphatic rings. The van der Waals surface area contributed by atoms with Gasteiger partial charge in [0.25, 0.3) is 0 Å². The molecule has 4 nitrogen and oxygen atoms in total. The van der Waals surface area contributed by atoms with Crippen molar-refractivity contribution in [3.05, 3.63) is 35.9 Å². The SMILES string of the molecule is CCC1CCCCN1C(=O)C1CC1C(=O)NCc1ccccc1. The number of piperidine rings is 1. The molecule has 0 spiro atoms. The van der Waals surface area contributed by atoms with E-state index in [0.717, 1.165) is 31.4 Å². The quantitative estimate of drug-likeness (QED) is 0.908. The first-order chi connectivity index (χ1) is 11.2. The second-order valence-corrected chi connectivity index (χ2v) is 6.74. The maximum Gasteiger partial charge on any atom is 0.226 e. The molecule has 3 atom stereocenters. The molecule has 3 rings (SSSR count). The van der Waals surface area contributed by atoms with Crippen molar-refractivity contribution < 1.29 is 9.59 Å². The first-order valence-corrected chi connectivity index (χ1v) is 8.82. The van der Waals surface area contributed by atoms with Crippen molar-refractivity contribution in [1.82, 2.24) is 10.2 Å². The van der Waals surface area contributed by atoms with Gasteiger partial charge in [-0.1, -0.05) is 37.3 Å². The average molecular weight is 314 g/mol. The van der Waals surface area contributed by atoms with Crippen LogP contribution < -0.4 is 5.32 Å². The van der Waals surface area contributed by atoms with Crippen LogP contribution in [0.15, 0.2) is 30.3 Å². The minimum absolute atomic E-state index is 0.0252. The highest BCUT2D eigenvalue weighted by molar-refractivity contribution is 5.92. The predicted molar refractivity (Wildman–Crippen MR) is 89.5 cm³/mol. The summed E-state index contributed by atoms with van der Waals surface area (Å²) in [6.45, 7) is 3.55. The molecule has 0 radical (unpaired) electrons. The summed E-state index contributed by atoms with van der Waals surface area (Å²) < 4.78 is 0. The van der Waals surface area contributed by atoms with Crippen LogP contribution in [0.3, 0.4) is 0 Å². The van der Waals surface area contributed by atoms with Crippen LogP contribution in [-0.2, 0) is 16.1 Å². The number of likely N-dealkylation sites (tertiary alicyclic amines) is 1. The summed E-state index contributed by atoms with van der Waals surface area (Å²) in [6.07, 6.45) is 5.16. The number of rotatable bonds is 5. The van der Waals surface area contributed by atoms with Gasteiger partial charge in [-0.2, -0.15) is 0 Å². The van der Waals surface area contributed by atoms with Crippen molar-refractivity contribution in [3.8, 4) is 0 Å². The maximum atomic E-state index is 12.7. The zero-order valence-corrected chi connectivity index (χ0v) is 13.8. The summed E-state index contributed by atoms with van der Waals surface area (Å²) in [5.74, 6) is 0.0252. The van der Waals surface area contributed by atoms with Gasteiger partial charge in [-0.15, -0.1) is 0 Å². The van der Waals surface area contributed by atoms with E-state index in [2.05, 4.69) is 12.2 Å². The fourth-order valence-corrected chi connectivity index (χ4v) is 3.60. The Bertz CT molecular complexity index is 558.